The first-order valence-electron chi connectivity index (χ1n) is 8.10. The van der Waals surface area contributed by atoms with Crippen LogP contribution >= 0.6 is 0 Å². The number of rotatable bonds is 7. The molecule has 0 atom stereocenters. The van der Waals surface area contributed by atoms with Crippen LogP contribution in [0.3, 0.4) is 0 Å². The molecule has 1 amide bonds. The second kappa shape index (κ2) is 7.90. The lowest BCUT2D eigenvalue weighted by atomic mass is 10.1. The zero-order valence-corrected chi connectivity index (χ0v) is 14.7. The van der Waals surface area contributed by atoms with E-state index in [4.69, 9.17) is 0 Å². The molecule has 0 aromatic carbocycles. The number of hydrogen-bond donors (Lipinski definition) is 1. The second-order valence-electron chi connectivity index (χ2n) is 5.84. The number of nitrogens with zero attached hydrogens (tertiary/aromatic N) is 3. The zero-order valence-electron chi connectivity index (χ0n) is 14.7. The minimum Gasteiger partial charge on any atom is -0.469 e. The maximum absolute atomic E-state index is 12.4. The van der Waals surface area contributed by atoms with Gasteiger partial charge in [-0.1, -0.05) is 6.42 Å². The summed E-state index contributed by atoms with van der Waals surface area (Å²) in [6, 6.07) is 1.85. The van der Waals surface area contributed by atoms with Gasteiger partial charge in [-0.25, -0.2) is 4.98 Å². The Morgan fingerprint density at radius 1 is 1.21 bits per heavy atom. The van der Waals surface area contributed by atoms with E-state index >= 15 is 0 Å². The summed E-state index contributed by atoms with van der Waals surface area (Å²) in [5, 5.41) is 8.14. The number of carbonyl (C=O) groups excluding carboxylic acids is 2. The molecule has 0 bridgehead atoms. The van der Waals surface area contributed by atoms with Gasteiger partial charge in [0.05, 0.1) is 24.1 Å². The molecule has 1 N–H and O–H groups in total. The van der Waals surface area contributed by atoms with E-state index in [2.05, 4.69) is 20.1 Å². The fourth-order valence-corrected chi connectivity index (χ4v) is 2.63. The molecule has 24 heavy (non-hydrogen) atoms. The predicted molar refractivity (Wildman–Crippen MR) is 90.8 cm³/mol. The quantitative estimate of drug-likeness (QED) is 0.619. The van der Waals surface area contributed by atoms with E-state index in [9.17, 15) is 9.59 Å². The van der Waals surface area contributed by atoms with Crippen molar-refractivity contribution in [2.45, 2.75) is 39.5 Å². The standard InChI is InChI=1S/C17H24N4O3/c1-11-14(10-13-12(2)20-21(3)16(13)19-11)17(23)18-9-7-5-6-8-15(22)24-4/h10H,5-9H2,1-4H3,(H,18,23). The summed E-state index contributed by atoms with van der Waals surface area (Å²) in [6.45, 7) is 4.30. The highest BCUT2D eigenvalue weighted by Gasteiger charge is 2.15. The van der Waals surface area contributed by atoms with Gasteiger partial charge in [0.15, 0.2) is 5.65 Å². The highest BCUT2D eigenvalue weighted by molar-refractivity contribution is 5.98. The van der Waals surface area contributed by atoms with Gasteiger partial charge in [0, 0.05) is 25.4 Å². The number of amides is 1. The number of hydrogen-bond acceptors (Lipinski definition) is 5. The molecular weight excluding hydrogens is 308 g/mol. The SMILES string of the molecule is COC(=O)CCCCCNC(=O)c1cc2c(C)nn(C)c2nc1C. The van der Waals surface area contributed by atoms with Crippen LogP contribution in [0.25, 0.3) is 11.0 Å². The van der Waals surface area contributed by atoms with Crippen LogP contribution in [-0.4, -0.2) is 40.3 Å². The topological polar surface area (TPSA) is 86.1 Å². The molecule has 2 aromatic heterocycles. The number of fused-ring (bicyclic) bond motifs is 1. The van der Waals surface area contributed by atoms with Crippen molar-refractivity contribution in [3.8, 4) is 0 Å². The maximum atomic E-state index is 12.4. The fraction of sp³-hybridized carbons (Fsp3) is 0.529. The van der Waals surface area contributed by atoms with Crippen LogP contribution in [0.2, 0.25) is 0 Å². The lowest BCUT2D eigenvalue weighted by Gasteiger charge is -2.08. The molecule has 7 nitrogen and oxygen atoms in total. The van der Waals surface area contributed by atoms with Gasteiger partial charge in [0.1, 0.15) is 0 Å². The van der Waals surface area contributed by atoms with Gasteiger partial charge in [-0.3, -0.25) is 14.3 Å². The van der Waals surface area contributed by atoms with Gasteiger partial charge in [0.25, 0.3) is 5.91 Å². The Morgan fingerprint density at radius 3 is 2.67 bits per heavy atom. The smallest absolute Gasteiger partial charge is 0.305 e. The Labute approximate surface area is 141 Å². The summed E-state index contributed by atoms with van der Waals surface area (Å²) >= 11 is 0. The molecule has 0 fully saturated rings. The third-order valence-corrected chi connectivity index (χ3v) is 4.00. The van der Waals surface area contributed by atoms with E-state index in [1.165, 1.54) is 7.11 Å². The molecule has 0 radical (unpaired) electrons. The van der Waals surface area contributed by atoms with Crippen molar-refractivity contribution in [3.05, 3.63) is 23.0 Å². The molecule has 0 aliphatic rings. The first-order valence-corrected chi connectivity index (χ1v) is 8.10. The number of aromatic nitrogens is 3. The molecule has 0 unspecified atom stereocenters. The van der Waals surface area contributed by atoms with Gasteiger partial charge >= 0.3 is 5.97 Å². The first kappa shape index (κ1) is 17.9. The summed E-state index contributed by atoms with van der Waals surface area (Å²) in [5.41, 5.74) is 2.91. The lowest BCUT2D eigenvalue weighted by Crippen LogP contribution is -2.25. The van der Waals surface area contributed by atoms with Gasteiger partial charge < -0.3 is 10.1 Å². The molecule has 0 aliphatic heterocycles. The highest BCUT2D eigenvalue weighted by atomic mass is 16.5. The third kappa shape index (κ3) is 4.10. The van der Waals surface area contributed by atoms with Crippen LogP contribution < -0.4 is 5.32 Å². The Balaban J connectivity index is 1.91. The zero-order chi connectivity index (χ0) is 17.7. The summed E-state index contributed by atoms with van der Waals surface area (Å²) in [5.74, 6) is -0.320. The number of methoxy groups -OCH3 is 1. The molecular formula is C17H24N4O3. The molecule has 0 spiro atoms. The van der Waals surface area contributed by atoms with Gasteiger partial charge in [-0.05, 0) is 32.8 Å². The molecule has 0 aliphatic carbocycles. The number of carbonyl (C=O) groups is 2. The van der Waals surface area contributed by atoms with Crippen molar-refractivity contribution >= 4 is 22.9 Å². The molecule has 2 heterocycles. The van der Waals surface area contributed by atoms with Crippen LogP contribution in [-0.2, 0) is 16.6 Å². The summed E-state index contributed by atoms with van der Waals surface area (Å²) in [4.78, 5) is 27.9. The minimum absolute atomic E-state index is 0.127. The van der Waals surface area contributed by atoms with Crippen LogP contribution in [0, 0.1) is 13.8 Å². The van der Waals surface area contributed by atoms with Crippen LogP contribution in [0.15, 0.2) is 6.07 Å². The molecule has 0 saturated heterocycles. The minimum atomic E-state index is -0.194. The number of unbranched alkanes of at least 4 members (excludes halogenated alkanes) is 2. The first-order chi connectivity index (χ1) is 11.4. The maximum Gasteiger partial charge on any atom is 0.305 e. The van der Waals surface area contributed by atoms with Crippen molar-refractivity contribution < 1.29 is 14.3 Å². The van der Waals surface area contributed by atoms with Crippen molar-refractivity contribution in [2.24, 2.45) is 7.05 Å². The Bertz CT molecular complexity index is 752. The number of nitrogens with one attached hydrogen (secondary N) is 1. The molecule has 7 heteroatoms. The van der Waals surface area contributed by atoms with Crippen LogP contribution in [0.4, 0.5) is 0 Å². The van der Waals surface area contributed by atoms with E-state index in [0.29, 0.717) is 24.2 Å². The third-order valence-electron chi connectivity index (χ3n) is 4.00. The average Bonchev–Trinajstić information content (AvgIpc) is 2.83. The normalized spacial score (nSPS) is 10.8. The number of esters is 1. The average molecular weight is 332 g/mol. The Hall–Kier alpha value is -2.44. The monoisotopic (exact) mass is 332 g/mol. The van der Waals surface area contributed by atoms with Crippen molar-refractivity contribution in [1.82, 2.24) is 20.1 Å². The van der Waals surface area contributed by atoms with Crippen molar-refractivity contribution in [2.75, 3.05) is 13.7 Å². The van der Waals surface area contributed by atoms with Crippen molar-refractivity contribution in [1.29, 1.82) is 0 Å². The van der Waals surface area contributed by atoms with E-state index in [-0.39, 0.29) is 11.9 Å². The van der Waals surface area contributed by atoms with E-state index < -0.39 is 0 Å². The predicted octanol–water partition coefficient (Wildman–Crippen LogP) is 2.05. The van der Waals surface area contributed by atoms with E-state index in [1.54, 1.807) is 4.68 Å². The molecule has 2 rings (SSSR count). The largest absolute Gasteiger partial charge is 0.469 e. The van der Waals surface area contributed by atoms with Crippen LogP contribution in [0.1, 0.15) is 47.4 Å². The van der Waals surface area contributed by atoms with E-state index in [0.717, 1.165) is 36.0 Å². The number of aryl methyl sites for hydroxylation is 3. The number of ether oxygens (including phenoxy) is 1. The molecule has 130 valence electrons. The Morgan fingerprint density at radius 2 is 1.96 bits per heavy atom. The second-order valence-corrected chi connectivity index (χ2v) is 5.84. The highest BCUT2D eigenvalue weighted by Crippen LogP contribution is 2.19. The molecule has 2 aromatic rings. The van der Waals surface area contributed by atoms with Gasteiger partial charge in [0.2, 0.25) is 0 Å². The van der Waals surface area contributed by atoms with Crippen molar-refractivity contribution in [3.63, 3.8) is 0 Å². The van der Waals surface area contributed by atoms with E-state index in [1.807, 2.05) is 27.0 Å². The fourth-order valence-electron chi connectivity index (χ4n) is 2.63. The lowest BCUT2D eigenvalue weighted by molar-refractivity contribution is -0.140. The van der Waals surface area contributed by atoms with Crippen LogP contribution in [0.5, 0.6) is 0 Å². The Kier molecular flexibility index (Phi) is 5.89. The van der Waals surface area contributed by atoms with Gasteiger partial charge in [-0.2, -0.15) is 5.10 Å². The number of pyridine rings is 1. The van der Waals surface area contributed by atoms with Gasteiger partial charge in [-0.15, -0.1) is 0 Å². The summed E-state index contributed by atoms with van der Waals surface area (Å²) in [6.07, 6.45) is 2.88. The summed E-state index contributed by atoms with van der Waals surface area (Å²) < 4.78 is 6.31. The summed E-state index contributed by atoms with van der Waals surface area (Å²) in [7, 11) is 3.23. The molecule has 0 saturated carbocycles.